The number of aromatic hydroxyl groups is 1. The Bertz CT molecular complexity index is 1570. The standard InChI is InChI=1S/C30H28BrN5O2/c1-35(30(38)23-13-6-5-12-22(23)18-21-10-3-2-4-11-21)17-9-16-32-28-19-26(24-14-7-8-15-27(24)37)34-29-25(31)20-33-36(28)29/h2-8,10-15,19-20,32,37H,9,16-18H2,1H3. The summed E-state index contributed by atoms with van der Waals surface area (Å²) in [7, 11) is 1.84. The summed E-state index contributed by atoms with van der Waals surface area (Å²) in [5, 5.41) is 18.2. The van der Waals surface area contributed by atoms with Crippen LogP contribution in [0, 0.1) is 0 Å². The van der Waals surface area contributed by atoms with Crippen LogP contribution < -0.4 is 5.32 Å². The molecule has 5 rings (SSSR count). The molecule has 8 heteroatoms. The maximum Gasteiger partial charge on any atom is 0.253 e. The van der Waals surface area contributed by atoms with Gasteiger partial charge in [-0.25, -0.2) is 4.98 Å². The molecule has 0 unspecified atom stereocenters. The molecule has 0 fully saturated rings. The number of rotatable bonds is 9. The molecule has 7 nitrogen and oxygen atoms in total. The number of nitrogens with one attached hydrogen (secondary N) is 1. The van der Waals surface area contributed by atoms with Gasteiger partial charge in [-0.05, 0) is 58.1 Å². The Labute approximate surface area is 229 Å². The highest BCUT2D eigenvalue weighted by molar-refractivity contribution is 9.10. The minimum Gasteiger partial charge on any atom is -0.507 e. The molecule has 2 heterocycles. The zero-order chi connectivity index (χ0) is 26.5. The topological polar surface area (TPSA) is 82.8 Å². The number of halogens is 1. The van der Waals surface area contributed by atoms with Gasteiger partial charge in [0.25, 0.3) is 5.91 Å². The summed E-state index contributed by atoms with van der Waals surface area (Å²) in [6.07, 6.45) is 3.15. The number of phenolic OH excluding ortho intramolecular Hbond substituents is 1. The number of carbonyl (C=O) groups excluding carboxylic acids is 1. The van der Waals surface area contributed by atoms with Gasteiger partial charge in [0.2, 0.25) is 0 Å². The van der Waals surface area contributed by atoms with Crippen LogP contribution >= 0.6 is 15.9 Å². The first-order valence-electron chi connectivity index (χ1n) is 12.4. The van der Waals surface area contributed by atoms with E-state index < -0.39 is 0 Å². The molecule has 5 aromatic rings. The first-order valence-corrected chi connectivity index (χ1v) is 13.2. The first kappa shape index (κ1) is 25.5. The fraction of sp³-hybridized carbons (Fsp3) is 0.167. The number of benzene rings is 3. The quantitative estimate of drug-likeness (QED) is 0.212. The molecule has 2 N–H and O–H groups in total. The Hall–Kier alpha value is -4.17. The second-order valence-electron chi connectivity index (χ2n) is 9.10. The first-order chi connectivity index (χ1) is 18.5. The minimum atomic E-state index is 0.0145. The van der Waals surface area contributed by atoms with Crippen LogP contribution in [0.25, 0.3) is 16.9 Å². The van der Waals surface area contributed by atoms with Crippen molar-refractivity contribution in [2.24, 2.45) is 0 Å². The van der Waals surface area contributed by atoms with Crippen molar-refractivity contribution in [3.8, 4) is 17.0 Å². The summed E-state index contributed by atoms with van der Waals surface area (Å²) in [4.78, 5) is 19.7. The normalized spacial score (nSPS) is 11.0. The maximum absolute atomic E-state index is 13.3. The van der Waals surface area contributed by atoms with Crippen molar-refractivity contribution < 1.29 is 9.90 Å². The molecule has 3 aromatic carbocycles. The molecule has 38 heavy (non-hydrogen) atoms. The molecule has 0 aliphatic heterocycles. The van der Waals surface area contributed by atoms with Crippen LogP contribution in [-0.2, 0) is 6.42 Å². The Morgan fingerprint density at radius 1 is 1.03 bits per heavy atom. The maximum atomic E-state index is 13.3. The van der Waals surface area contributed by atoms with Crippen molar-refractivity contribution in [1.82, 2.24) is 19.5 Å². The number of hydrogen-bond acceptors (Lipinski definition) is 5. The van der Waals surface area contributed by atoms with Crippen LogP contribution in [0.4, 0.5) is 5.82 Å². The summed E-state index contributed by atoms with van der Waals surface area (Å²) in [6, 6.07) is 27.0. The van der Waals surface area contributed by atoms with Gasteiger partial charge in [0.15, 0.2) is 5.65 Å². The van der Waals surface area contributed by atoms with Crippen LogP contribution in [0.3, 0.4) is 0 Å². The van der Waals surface area contributed by atoms with Gasteiger partial charge in [0.1, 0.15) is 11.6 Å². The van der Waals surface area contributed by atoms with Crippen molar-refractivity contribution in [3.05, 3.63) is 112 Å². The van der Waals surface area contributed by atoms with E-state index in [4.69, 9.17) is 0 Å². The Morgan fingerprint density at radius 2 is 1.76 bits per heavy atom. The van der Waals surface area contributed by atoms with Crippen molar-refractivity contribution in [2.45, 2.75) is 12.8 Å². The number of hydrogen-bond donors (Lipinski definition) is 2. The van der Waals surface area contributed by atoms with Crippen molar-refractivity contribution in [1.29, 1.82) is 0 Å². The molecule has 1 amide bonds. The van der Waals surface area contributed by atoms with Crippen LogP contribution in [0.1, 0.15) is 27.9 Å². The predicted octanol–water partition coefficient (Wildman–Crippen LogP) is 6.03. The van der Waals surface area contributed by atoms with Gasteiger partial charge in [0, 0.05) is 37.3 Å². The lowest BCUT2D eigenvalue weighted by atomic mass is 9.99. The SMILES string of the molecule is CN(CCCNc1cc(-c2ccccc2O)nc2c(Br)cnn12)C(=O)c1ccccc1Cc1ccccc1. The van der Waals surface area contributed by atoms with Gasteiger partial charge in [-0.2, -0.15) is 9.61 Å². The van der Waals surface area contributed by atoms with E-state index in [0.29, 0.717) is 30.0 Å². The highest BCUT2D eigenvalue weighted by atomic mass is 79.9. The molecular formula is C30H28BrN5O2. The van der Waals surface area contributed by atoms with Crippen molar-refractivity contribution >= 4 is 33.3 Å². The van der Waals surface area contributed by atoms with E-state index in [9.17, 15) is 9.90 Å². The Morgan fingerprint density at radius 3 is 2.58 bits per heavy atom. The molecule has 0 saturated heterocycles. The number of carbonyl (C=O) groups is 1. The molecule has 0 saturated carbocycles. The molecule has 2 aromatic heterocycles. The molecule has 192 valence electrons. The summed E-state index contributed by atoms with van der Waals surface area (Å²) < 4.78 is 2.49. The van der Waals surface area contributed by atoms with Gasteiger partial charge >= 0.3 is 0 Å². The molecule has 0 aliphatic rings. The predicted molar refractivity (Wildman–Crippen MR) is 154 cm³/mol. The van der Waals surface area contributed by atoms with E-state index in [0.717, 1.165) is 34.3 Å². The average Bonchev–Trinajstić information content (AvgIpc) is 3.32. The number of anilines is 1. The zero-order valence-electron chi connectivity index (χ0n) is 21.0. The van der Waals surface area contributed by atoms with Gasteiger partial charge < -0.3 is 15.3 Å². The highest BCUT2D eigenvalue weighted by Gasteiger charge is 2.16. The Balaban J connectivity index is 1.25. The van der Waals surface area contributed by atoms with E-state index in [2.05, 4.69) is 43.5 Å². The third-order valence-corrected chi connectivity index (χ3v) is 6.98. The number of para-hydroxylation sites is 1. The van der Waals surface area contributed by atoms with Crippen LogP contribution in [0.5, 0.6) is 5.75 Å². The third-order valence-electron chi connectivity index (χ3n) is 6.42. The second-order valence-corrected chi connectivity index (χ2v) is 9.95. The Kier molecular flexibility index (Phi) is 7.70. The lowest BCUT2D eigenvalue weighted by Gasteiger charge is -2.19. The number of amides is 1. The molecule has 0 radical (unpaired) electrons. The summed E-state index contributed by atoms with van der Waals surface area (Å²) in [5.41, 5.74) is 4.87. The van der Waals surface area contributed by atoms with Gasteiger partial charge in [0.05, 0.1) is 16.4 Å². The lowest BCUT2D eigenvalue weighted by Crippen LogP contribution is -2.29. The minimum absolute atomic E-state index is 0.0145. The van der Waals surface area contributed by atoms with Crippen LogP contribution in [-0.4, -0.2) is 50.6 Å². The molecular weight excluding hydrogens is 542 g/mol. The molecule has 0 spiro atoms. The van der Waals surface area contributed by atoms with Crippen molar-refractivity contribution in [3.63, 3.8) is 0 Å². The largest absolute Gasteiger partial charge is 0.507 e. The summed E-state index contributed by atoms with van der Waals surface area (Å²) in [6.45, 7) is 1.22. The fourth-order valence-corrected chi connectivity index (χ4v) is 4.78. The smallest absolute Gasteiger partial charge is 0.253 e. The number of fused-ring (bicyclic) bond motifs is 1. The monoisotopic (exact) mass is 569 g/mol. The van der Waals surface area contributed by atoms with Gasteiger partial charge in [-0.1, -0.05) is 60.7 Å². The van der Waals surface area contributed by atoms with Crippen LogP contribution in [0.2, 0.25) is 0 Å². The third kappa shape index (κ3) is 5.55. The molecule has 0 bridgehead atoms. The second kappa shape index (κ2) is 11.5. The summed E-state index contributed by atoms with van der Waals surface area (Å²) >= 11 is 3.51. The van der Waals surface area contributed by atoms with Crippen LogP contribution in [0.15, 0.2) is 95.6 Å². The lowest BCUT2D eigenvalue weighted by molar-refractivity contribution is 0.0793. The van der Waals surface area contributed by atoms with E-state index in [1.165, 1.54) is 5.56 Å². The molecule has 0 atom stereocenters. The zero-order valence-corrected chi connectivity index (χ0v) is 22.6. The average molecular weight is 570 g/mol. The molecule has 0 aliphatic carbocycles. The number of nitrogens with zero attached hydrogens (tertiary/aromatic N) is 4. The van der Waals surface area contributed by atoms with Crippen molar-refractivity contribution in [2.75, 3.05) is 25.5 Å². The summed E-state index contributed by atoms with van der Waals surface area (Å²) in [5.74, 6) is 0.931. The van der Waals surface area contributed by atoms with E-state index in [1.54, 1.807) is 27.7 Å². The number of phenols is 1. The van der Waals surface area contributed by atoms with E-state index >= 15 is 0 Å². The van der Waals surface area contributed by atoms with E-state index in [-0.39, 0.29) is 11.7 Å². The number of aromatic nitrogens is 3. The fourth-order valence-electron chi connectivity index (χ4n) is 4.43. The van der Waals surface area contributed by atoms with E-state index in [1.807, 2.05) is 67.7 Å². The highest BCUT2D eigenvalue weighted by Crippen LogP contribution is 2.31. The van der Waals surface area contributed by atoms with Gasteiger partial charge in [-0.3, -0.25) is 4.79 Å². The van der Waals surface area contributed by atoms with Gasteiger partial charge in [-0.15, -0.1) is 0 Å².